The van der Waals surface area contributed by atoms with E-state index in [0.717, 1.165) is 36.8 Å². The lowest BCUT2D eigenvalue weighted by atomic mass is 9.76. The summed E-state index contributed by atoms with van der Waals surface area (Å²) in [4.78, 5) is 48.0. The van der Waals surface area contributed by atoms with Crippen LogP contribution in [0.1, 0.15) is 114 Å². The van der Waals surface area contributed by atoms with E-state index in [1.165, 1.54) is 0 Å². The van der Waals surface area contributed by atoms with Gasteiger partial charge in [0.15, 0.2) is 5.58 Å². The Labute approximate surface area is 257 Å². The maximum Gasteiger partial charge on any atom is 0.414 e. The molecule has 2 fully saturated rings. The van der Waals surface area contributed by atoms with Crippen molar-refractivity contribution in [2.75, 3.05) is 10.6 Å². The lowest BCUT2D eigenvalue weighted by Gasteiger charge is -2.35. The minimum atomic E-state index is -0.742. The number of carbonyl (C=O) groups excluding carboxylic acids is 3. The lowest BCUT2D eigenvalue weighted by molar-refractivity contribution is 0.0481. The fraction of sp³-hybridized carbons (Fsp3) is 0.545. The Morgan fingerprint density at radius 3 is 2.30 bits per heavy atom. The monoisotopic (exact) mass is 605 g/mol. The summed E-state index contributed by atoms with van der Waals surface area (Å²) in [5.41, 5.74) is 2.02. The van der Waals surface area contributed by atoms with Crippen molar-refractivity contribution in [2.45, 2.75) is 110 Å². The standard InChI is InChI=1S/C33H43N5O6/c1-18-12-20(14-22(13-18)36-30(40)43-32(2,3)4)23-10-11-34-17-24(23)37-28(39)26-27-25(15-21(16-35-27)19-8-9-19)42-29(26)38-31(41)44-33(5,6)7/h10-11,15-20,22H,8-9,12-14H2,1-7H3,(H,36,40)(H,37,39)(H,38,41)/t18-,20+,22-/m0/s1. The highest BCUT2D eigenvalue weighted by Crippen LogP contribution is 2.42. The SMILES string of the molecule is C[C@@H]1C[C@H](NC(=O)OC(C)(C)C)C[C@H](c2ccncc2NC(=O)c2c(NC(=O)OC(C)(C)C)oc3cc(C4CC4)cnc23)C1. The lowest BCUT2D eigenvalue weighted by Crippen LogP contribution is -2.42. The van der Waals surface area contributed by atoms with Crippen molar-refractivity contribution in [3.8, 4) is 0 Å². The van der Waals surface area contributed by atoms with Crippen LogP contribution in [0.5, 0.6) is 0 Å². The first-order valence-electron chi connectivity index (χ1n) is 15.3. The summed E-state index contributed by atoms with van der Waals surface area (Å²) in [7, 11) is 0. The van der Waals surface area contributed by atoms with E-state index >= 15 is 0 Å². The first-order chi connectivity index (χ1) is 20.6. The first-order valence-corrected chi connectivity index (χ1v) is 15.3. The number of nitrogens with one attached hydrogen (secondary N) is 3. The highest BCUT2D eigenvalue weighted by Gasteiger charge is 2.33. The van der Waals surface area contributed by atoms with Crippen LogP contribution in [0.25, 0.3) is 11.1 Å². The third-order valence-corrected chi connectivity index (χ3v) is 7.65. The number of pyridine rings is 2. The van der Waals surface area contributed by atoms with Crippen LogP contribution in [0.15, 0.2) is 35.1 Å². The zero-order valence-corrected chi connectivity index (χ0v) is 26.6. The molecule has 0 aromatic carbocycles. The molecule has 3 heterocycles. The second-order valence-corrected chi connectivity index (χ2v) is 14.1. The largest absolute Gasteiger partial charge is 0.444 e. The van der Waals surface area contributed by atoms with Gasteiger partial charge in [-0.1, -0.05) is 6.92 Å². The fourth-order valence-corrected chi connectivity index (χ4v) is 5.83. The number of nitrogens with zero attached hydrogens (tertiary/aromatic N) is 2. The molecule has 44 heavy (non-hydrogen) atoms. The zero-order valence-electron chi connectivity index (χ0n) is 26.6. The van der Waals surface area contributed by atoms with Crippen molar-refractivity contribution in [3.05, 3.63) is 47.4 Å². The molecular weight excluding hydrogens is 562 g/mol. The van der Waals surface area contributed by atoms with Crippen molar-refractivity contribution >= 4 is 40.8 Å². The number of hydrogen-bond acceptors (Lipinski definition) is 8. The predicted molar refractivity (Wildman–Crippen MR) is 167 cm³/mol. The highest BCUT2D eigenvalue weighted by molar-refractivity contribution is 6.16. The van der Waals surface area contributed by atoms with E-state index in [2.05, 4.69) is 32.8 Å². The summed E-state index contributed by atoms with van der Waals surface area (Å²) in [5, 5.41) is 8.65. The second kappa shape index (κ2) is 12.1. The molecule has 2 aliphatic carbocycles. The van der Waals surface area contributed by atoms with Gasteiger partial charge in [0.2, 0.25) is 5.88 Å². The van der Waals surface area contributed by atoms with Gasteiger partial charge in [-0.25, -0.2) is 9.59 Å². The van der Waals surface area contributed by atoms with E-state index in [4.69, 9.17) is 13.9 Å². The van der Waals surface area contributed by atoms with Gasteiger partial charge in [0.05, 0.1) is 11.9 Å². The Balaban J connectivity index is 1.41. The third kappa shape index (κ3) is 7.86. The fourth-order valence-electron chi connectivity index (χ4n) is 5.83. The second-order valence-electron chi connectivity index (χ2n) is 14.1. The topological polar surface area (TPSA) is 145 Å². The van der Waals surface area contributed by atoms with Crippen molar-refractivity contribution < 1.29 is 28.3 Å². The van der Waals surface area contributed by atoms with Crippen molar-refractivity contribution in [2.24, 2.45) is 5.92 Å². The predicted octanol–water partition coefficient (Wildman–Crippen LogP) is 7.50. The molecule has 0 radical (unpaired) electrons. The molecule has 3 aromatic rings. The van der Waals surface area contributed by atoms with Gasteiger partial charge in [-0.3, -0.25) is 20.1 Å². The molecule has 3 amide bonds. The number of hydrogen-bond donors (Lipinski definition) is 3. The van der Waals surface area contributed by atoms with Gasteiger partial charge in [0, 0.05) is 18.4 Å². The van der Waals surface area contributed by atoms with Crippen LogP contribution in [-0.2, 0) is 9.47 Å². The van der Waals surface area contributed by atoms with Gasteiger partial charge in [0.25, 0.3) is 5.91 Å². The summed E-state index contributed by atoms with van der Waals surface area (Å²) in [6.07, 6.45) is 8.46. The molecule has 0 bridgehead atoms. The van der Waals surface area contributed by atoms with Crippen LogP contribution >= 0.6 is 0 Å². The number of amides is 3. The Morgan fingerprint density at radius 1 is 0.909 bits per heavy atom. The average molecular weight is 606 g/mol. The molecule has 0 spiro atoms. The molecule has 3 aromatic heterocycles. The number of rotatable bonds is 6. The molecule has 0 aliphatic heterocycles. The van der Waals surface area contributed by atoms with E-state index in [1.807, 2.05) is 32.9 Å². The van der Waals surface area contributed by atoms with E-state index < -0.39 is 29.3 Å². The summed E-state index contributed by atoms with van der Waals surface area (Å²) in [5.74, 6) is 0.281. The minimum Gasteiger partial charge on any atom is -0.444 e. The summed E-state index contributed by atoms with van der Waals surface area (Å²) >= 11 is 0. The average Bonchev–Trinajstić information content (AvgIpc) is 3.67. The zero-order chi connectivity index (χ0) is 31.8. The van der Waals surface area contributed by atoms with Gasteiger partial charge in [0.1, 0.15) is 22.3 Å². The molecule has 236 valence electrons. The van der Waals surface area contributed by atoms with Crippen molar-refractivity contribution in [1.29, 1.82) is 0 Å². The maximum atomic E-state index is 13.9. The highest BCUT2D eigenvalue weighted by atomic mass is 16.6. The normalized spacial score (nSPS) is 20.6. The molecule has 3 N–H and O–H groups in total. The molecule has 2 saturated carbocycles. The number of ether oxygens (including phenoxy) is 2. The third-order valence-electron chi connectivity index (χ3n) is 7.65. The van der Waals surface area contributed by atoms with E-state index in [-0.39, 0.29) is 23.4 Å². The van der Waals surface area contributed by atoms with Crippen LogP contribution in [0.4, 0.5) is 21.2 Å². The van der Waals surface area contributed by atoms with Gasteiger partial charge in [-0.05, 0) is 115 Å². The molecule has 11 heteroatoms. The van der Waals surface area contributed by atoms with E-state index in [9.17, 15) is 14.4 Å². The van der Waals surface area contributed by atoms with Crippen LogP contribution in [0, 0.1) is 5.92 Å². The molecular formula is C33H43N5O6. The number of alkyl carbamates (subject to hydrolysis) is 1. The van der Waals surface area contributed by atoms with Crippen molar-refractivity contribution in [3.63, 3.8) is 0 Å². The molecule has 0 unspecified atom stereocenters. The van der Waals surface area contributed by atoms with Crippen molar-refractivity contribution in [1.82, 2.24) is 15.3 Å². The van der Waals surface area contributed by atoms with Gasteiger partial charge >= 0.3 is 12.2 Å². The molecule has 2 aliphatic rings. The quantitative estimate of drug-likeness (QED) is 0.262. The Hall–Kier alpha value is -4.15. The van der Waals surface area contributed by atoms with Crippen LogP contribution in [-0.4, -0.2) is 45.3 Å². The Bertz CT molecular complexity index is 1550. The van der Waals surface area contributed by atoms with Crippen LogP contribution < -0.4 is 16.0 Å². The summed E-state index contributed by atoms with van der Waals surface area (Å²) in [6, 6.07) is 3.70. The van der Waals surface area contributed by atoms with E-state index in [0.29, 0.717) is 35.0 Å². The Kier molecular flexibility index (Phi) is 8.59. The van der Waals surface area contributed by atoms with Gasteiger partial charge < -0.3 is 24.5 Å². The summed E-state index contributed by atoms with van der Waals surface area (Å²) in [6.45, 7) is 12.9. The number of furan rings is 1. The van der Waals surface area contributed by atoms with Gasteiger partial charge in [-0.2, -0.15) is 0 Å². The minimum absolute atomic E-state index is 0.0365. The van der Waals surface area contributed by atoms with Crippen LogP contribution in [0.3, 0.4) is 0 Å². The van der Waals surface area contributed by atoms with E-state index in [1.54, 1.807) is 39.4 Å². The number of carbonyl (C=O) groups is 3. The number of aromatic nitrogens is 2. The first kappa shape index (κ1) is 31.3. The number of fused-ring (bicyclic) bond motifs is 1. The smallest absolute Gasteiger partial charge is 0.414 e. The molecule has 0 saturated heterocycles. The van der Waals surface area contributed by atoms with Gasteiger partial charge in [-0.15, -0.1) is 0 Å². The maximum absolute atomic E-state index is 13.9. The molecule has 3 atom stereocenters. The Morgan fingerprint density at radius 2 is 1.61 bits per heavy atom. The molecule has 11 nitrogen and oxygen atoms in total. The number of anilines is 2. The molecule has 5 rings (SSSR count). The van der Waals surface area contributed by atoms with Crippen LogP contribution in [0.2, 0.25) is 0 Å². The summed E-state index contributed by atoms with van der Waals surface area (Å²) < 4.78 is 16.9.